The van der Waals surface area contributed by atoms with E-state index in [1.165, 1.54) is 4.90 Å². The number of carbonyl (C=O) groups is 2. The number of halogens is 2. The molecule has 2 rings (SSSR count). The minimum atomic E-state index is -3.75. The van der Waals surface area contributed by atoms with Gasteiger partial charge in [0, 0.05) is 12.6 Å². The number of nitrogens with one attached hydrogen (secondary N) is 1. The first-order valence-corrected chi connectivity index (χ1v) is 12.6. The molecule has 0 heterocycles. The Labute approximate surface area is 199 Å². The summed E-state index contributed by atoms with van der Waals surface area (Å²) < 4.78 is 25.9. The first kappa shape index (κ1) is 26.0. The Kier molecular flexibility index (Phi) is 8.95. The fourth-order valence-corrected chi connectivity index (χ4v) is 4.20. The van der Waals surface area contributed by atoms with Crippen molar-refractivity contribution in [2.75, 3.05) is 17.1 Å². The molecule has 0 fully saturated rings. The molecule has 7 nitrogen and oxygen atoms in total. The molecular formula is C22H27Cl2N3O4S. The number of anilines is 1. The molecule has 2 amide bonds. The minimum Gasteiger partial charge on any atom is -0.352 e. The SMILES string of the molecule is CC(C)NC(=O)C(C)N(Cc1ccc(Cl)c(Cl)c1)C(=O)CN(c1ccccc1)S(C)(=O)=O. The van der Waals surface area contributed by atoms with Crippen LogP contribution in [-0.2, 0) is 26.2 Å². The summed E-state index contributed by atoms with van der Waals surface area (Å²) in [6.45, 7) is 4.83. The van der Waals surface area contributed by atoms with Crippen molar-refractivity contribution in [3.63, 3.8) is 0 Å². The van der Waals surface area contributed by atoms with Gasteiger partial charge in [0.15, 0.2) is 0 Å². The van der Waals surface area contributed by atoms with Crippen LogP contribution in [0.25, 0.3) is 0 Å². The molecule has 32 heavy (non-hydrogen) atoms. The standard InChI is InChI=1S/C22H27Cl2N3O4S/c1-15(2)25-22(29)16(3)26(13-17-10-11-19(23)20(24)12-17)21(28)14-27(32(4,30)31)18-8-6-5-7-9-18/h5-12,15-16H,13-14H2,1-4H3,(H,25,29). The van der Waals surface area contributed by atoms with Crippen molar-refractivity contribution in [3.8, 4) is 0 Å². The zero-order valence-electron chi connectivity index (χ0n) is 18.4. The van der Waals surface area contributed by atoms with Gasteiger partial charge >= 0.3 is 0 Å². The molecule has 0 aliphatic carbocycles. The van der Waals surface area contributed by atoms with Gasteiger partial charge < -0.3 is 10.2 Å². The van der Waals surface area contributed by atoms with Gasteiger partial charge in [0.1, 0.15) is 12.6 Å². The lowest BCUT2D eigenvalue weighted by Crippen LogP contribution is -2.52. The van der Waals surface area contributed by atoms with E-state index in [1.54, 1.807) is 55.5 Å². The molecule has 0 saturated heterocycles. The van der Waals surface area contributed by atoms with Gasteiger partial charge in [-0.15, -0.1) is 0 Å². The van der Waals surface area contributed by atoms with E-state index in [0.717, 1.165) is 10.6 Å². The lowest BCUT2D eigenvalue weighted by Gasteiger charge is -2.32. The molecule has 0 saturated carbocycles. The van der Waals surface area contributed by atoms with E-state index in [0.29, 0.717) is 21.3 Å². The summed E-state index contributed by atoms with van der Waals surface area (Å²) in [4.78, 5) is 27.4. The average Bonchev–Trinajstić information content (AvgIpc) is 2.71. The molecule has 1 atom stereocenters. The number of rotatable bonds is 9. The van der Waals surface area contributed by atoms with Gasteiger partial charge in [0.2, 0.25) is 21.8 Å². The van der Waals surface area contributed by atoms with Gasteiger partial charge in [-0.1, -0.05) is 47.5 Å². The highest BCUT2D eigenvalue weighted by atomic mass is 35.5. The second-order valence-electron chi connectivity index (χ2n) is 7.71. The van der Waals surface area contributed by atoms with Gasteiger partial charge in [-0.3, -0.25) is 13.9 Å². The highest BCUT2D eigenvalue weighted by Gasteiger charge is 2.30. The molecule has 1 N–H and O–H groups in total. The van der Waals surface area contributed by atoms with Crippen molar-refractivity contribution in [2.24, 2.45) is 0 Å². The molecule has 0 radical (unpaired) electrons. The van der Waals surface area contributed by atoms with Crippen LogP contribution >= 0.6 is 23.2 Å². The summed E-state index contributed by atoms with van der Waals surface area (Å²) in [5, 5.41) is 3.47. The Morgan fingerprint density at radius 1 is 1.00 bits per heavy atom. The van der Waals surface area contributed by atoms with Gasteiger partial charge in [-0.05, 0) is 50.6 Å². The molecule has 0 spiro atoms. The van der Waals surface area contributed by atoms with Gasteiger partial charge in [-0.2, -0.15) is 0 Å². The summed E-state index contributed by atoms with van der Waals surface area (Å²) >= 11 is 12.1. The Morgan fingerprint density at radius 3 is 2.16 bits per heavy atom. The first-order valence-electron chi connectivity index (χ1n) is 9.96. The van der Waals surface area contributed by atoms with Gasteiger partial charge in [0.05, 0.1) is 22.0 Å². The summed E-state index contributed by atoms with van der Waals surface area (Å²) in [7, 11) is -3.75. The highest BCUT2D eigenvalue weighted by molar-refractivity contribution is 7.92. The number of hydrogen-bond acceptors (Lipinski definition) is 4. The van der Waals surface area contributed by atoms with Gasteiger partial charge in [0.25, 0.3) is 0 Å². The Balaban J connectivity index is 2.38. The lowest BCUT2D eigenvalue weighted by atomic mass is 10.1. The highest BCUT2D eigenvalue weighted by Crippen LogP contribution is 2.24. The van der Waals surface area contributed by atoms with E-state index < -0.39 is 28.5 Å². The minimum absolute atomic E-state index is 0.0504. The van der Waals surface area contributed by atoms with E-state index in [2.05, 4.69) is 5.32 Å². The van der Waals surface area contributed by atoms with E-state index in [1.807, 2.05) is 13.8 Å². The molecule has 10 heteroatoms. The summed E-state index contributed by atoms with van der Waals surface area (Å²) in [6, 6.07) is 12.3. The predicted molar refractivity (Wildman–Crippen MR) is 128 cm³/mol. The normalized spacial score (nSPS) is 12.3. The molecule has 0 bridgehead atoms. The molecule has 0 aliphatic rings. The number of para-hydroxylation sites is 1. The number of benzene rings is 2. The van der Waals surface area contributed by atoms with Crippen molar-refractivity contribution < 1.29 is 18.0 Å². The van der Waals surface area contributed by atoms with Crippen LogP contribution in [0.2, 0.25) is 10.0 Å². The number of carbonyl (C=O) groups excluding carboxylic acids is 2. The lowest BCUT2D eigenvalue weighted by molar-refractivity contribution is -0.139. The van der Waals surface area contributed by atoms with E-state index in [9.17, 15) is 18.0 Å². The Hall–Kier alpha value is -2.29. The van der Waals surface area contributed by atoms with Crippen LogP contribution in [0.15, 0.2) is 48.5 Å². The van der Waals surface area contributed by atoms with Crippen LogP contribution in [-0.4, -0.2) is 50.0 Å². The quantitative estimate of drug-likeness (QED) is 0.569. The summed E-state index contributed by atoms with van der Waals surface area (Å²) in [5.41, 5.74) is 1.01. The topological polar surface area (TPSA) is 86.8 Å². The zero-order chi connectivity index (χ0) is 24.1. The molecule has 2 aromatic rings. The van der Waals surface area contributed by atoms with Crippen LogP contribution in [0.1, 0.15) is 26.3 Å². The van der Waals surface area contributed by atoms with E-state index in [-0.39, 0.29) is 18.5 Å². The fraction of sp³-hybridized carbons (Fsp3) is 0.364. The Morgan fingerprint density at radius 2 is 1.62 bits per heavy atom. The predicted octanol–water partition coefficient (Wildman–Crippen LogP) is 3.70. The molecule has 2 aromatic carbocycles. The Bertz CT molecular complexity index is 1060. The number of sulfonamides is 1. The second-order valence-corrected chi connectivity index (χ2v) is 10.4. The number of hydrogen-bond donors (Lipinski definition) is 1. The smallest absolute Gasteiger partial charge is 0.244 e. The summed E-state index contributed by atoms with van der Waals surface area (Å²) in [5.74, 6) is -0.879. The molecular weight excluding hydrogens is 473 g/mol. The van der Waals surface area contributed by atoms with Gasteiger partial charge in [-0.25, -0.2) is 8.42 Å². The van der Waals surface area contributed by atoms with Crippen LogP contribution in [0, 0.1) is 0 Å². The monoisotopic (exact) mass is 499 g/mol. The third-order valence-corrected chi connectivity index (χ3v) is 6.54. The molecule has 0 aliphatic heterocycles. The maximum absolute atomic E-state index is 13.3. The van der Waals surface area contributed by atoms with E-state index >= 15 is 0 Å². The summed E-state index contributed by atoms with van der Waals surface area (Å²) in [6.07, 6.45) is 1.03. The van der Waals surface area contributed by atoms with Crippen LogP contribution in [0.5, 0.6) is 0 Å². The van der Waals surface area contributed by atoms with Crippen molar-refractivity contribution in [2.45, 2.75) is 39.4 Å². The molecule has 0 aromatic heterocycles. The number of amides is 2. The average molecular weight is 500 g/mol. The second kappa shape index (κ2) is 11.0. The maximum atomic E-state index is 13.3. The van der Waals surface area contributed by atoms with Crippen molar-refractivity contribution in [1.82, 2.24) is 10.2 Å². The fourth-order valence-electron chi connectivity index (χ4n) is 3.03. The van der Waals surface area contributed by atoms with Crippen molar-refractivity contribution >= 4 is 50.7 Å². The van der Waals surface area contributed by atoms with Crippen LogP contribution in [0.4, 0.5) is 5.69 Å². The maximum Gasteiger partial charge on any atom is 0.244 e. The van der Waals surface area contributed by atoms with Crippen molar-refractivity contribution in [3.05, 3.63) is 64.1 Å². The molecule has 174 valence electrons. The molecule has 1 unspecified atom stereocenters. The number of nitrogens with zero attached hydrogens (tertiary/aromatic N) is 2. The van der Waals surface area contributed by atoms with E-state index in [4.69, 9.17) is 23.2 Å². The third kappa shape index (κ3) is 7.12. The zero-order valence-corrected chi connectivity index (χ0v) is 20.7. The van der Waals surface area contributed by atoms with Crippen LogP contribution < -0.4 is 9.62 Å². The largest absolute Gasteiger partial charge is 0.352 e. The first-order chi connectivity index (χ1) is 14.9. The van der Waals surface area contributed by atoms with Crippen molar-refractivity contribution in [1.29, 1.82) is 0 Å². The van der Waals surface area contributed by atoms with Crippen LogP contribution in [0.3, 0.4) is 0 Å². The third-order valence-electron chi connectivity index (χ3n) is 4.66.